The minimum absolute atomic E-state index is 0.0856. The van der Waals surface area contributed by atoms with Crippen molar-refractivity contribution in [3.05, 3.63) is 34.3 Å². The third-order valence-electron chi connectivity index (χ3n) is 2.30. The molecule has 1 rings (SSSR count). The van der Waals surface area contributed by atoms with E-state index in [0.29, 0.717) is 19.3 Å². The van der Waals surface area contributed by atoms with E-state index in [2.05, 4.69) is 40.3 Å². The summed E-state index contributed by atoms with van der Waals surface area (Å²) in [6.45, 7) is 4.03. The Morgan fingerprint density at radius 2 is 2.00 bits per heavy atom. The first-order valence-corrected chi connectivity index (χ1v) is 6.21. The molecule has 0 aliphatic rings. The third-order valence-corrected chi connectivity index (χ3v) is 2.83. The smallest absolute Gasteiger partial charge is 0.0698 e. The van der Waals surface area contributed by atoms with E-state index < -0.39 is 0 Å². The summed E-state index contributed by atoms with van der Waals surface area (Å²) in [5.74, 6) is 0. The van der Waals surface area contributed by atoms with Gasteiger partial charge in [-0.05, 0) is 24.6 Å². The number of ether oxygens (including phenoxy) is 1. The number of aliphatic hydroxyl groups is 1. The highest BCUT2D eigenvalue weighted by molar-refractivity contribution is 9.10. The molecule has 1 aromatic carbocycles. The maximum absolute atomic E-state index is 8.53. The zero-order chi connectivity index (χ0) is 11.8. The van der Waals surface area contributed by atoms with Gasteiger partial charge in [0.25, 0.3) is 0 Å². The Bertz CT molecular complexity index is 290. The minimum Gasteiger partial charge on any atom is -0.394 e. The normalized spacial score (nSPS) is 12.7. The predicted molar refractivity (Wildman–Crippen MR) is 68.5 cm³/mol. The largest absolute Gasteiger partial charge is 0.394 e. The fourth-order valence-electron chi connectivity index (χ4n) is 1.38. The maximum atomic E-state index is 8.53. The topological polar surface area (TPSA) is 41.5 Å². The fraction of sp³-hybridized carbons (Fsp3) is 0.500. The minimum atomic E-state index is 0.0856. The van der Waals surface area contributed by atoms with E-state index in [1.165, 1.54) is 5.56 Å². The number of hydrogen-bond donors (Lipinski definition) is 2. The second-order valence-electron chi connectivity index (χ2n) is 3.56. The Morgan fingerprint density at radius 1 is 1.31 bits per heavy atom. The van der Waals surface area contributed by atoms with Gasteiger partial charge < -0.3 is 15.2 Å². The van der Waals surface area contributed by atoms with Gasteiger partial charge in [0.2, 0.25) is 0 Å². The van der Waals surface area contributed by atoms with E-state index in [-0.39, 0.29) is 6.61 Å². The van der Waals surface area contributed by atoms with Crippen molar-refractivity contribution in [2.24, 2.45) is 0 Å². The third kappa shape index (κ3) is 5.07. The van der Waals surface area contributed by atoms with Crippen molar-refractivity contribution in [2.75, 3.05) is 26.4 Å². The Balaban J connectivity index is 2.24. The summed E-state index contributed by atoms with van der Waals surface area (Å²) in [5, 5.41) is 11.9. The quantitative estimate of drug-likeness (QED) is 0.755. The van der Waals surface area contributed by atoms with Crippen molar-refractivity contribution < 1.29 is 9.84 Å². The van der Waals surface area contributed by atoms with Gasteiger partial charge in [-0.25, -0.2) is 0 Å². The van der Waals surface area contributed by atoms with Gasteiger partial charge in [0, 0.05) is 17.1 Å². The molecular weight excluding hydrogens is 270 g/mol. The SMILES string of the molecule is CC(NCCOCCO)c1ccc(Br)cc1. The summed E-state index contributed by atoms with van der Waals surface area (Å²) in [5.41, 5.74) is 1.25. The molecule has 1 aromatic rings. The Hall–Kier alpha value is -0.420. The Morgan fingerprint density at radius 3 is 2.62 bits per heavy atom. The molecule has 0 aliphatic heterocycles. The van der Waals surface area contributed by atoms with Crippen molar-refractivity contribution in [1.29, 1.82) is 0 Å². The van der Waals surface area contributed by atoms with E-state index in [4.69, 9.17) is 9.84 Å². The lowest BCUT2D eigenvalue weighted by atomic mass is 10.1. The summed E-state index contributed by atoms with van der Waals surface area (Å²) in [7, 11) is 0. The van der Waals surface area contributed by atoms with Gasteiger partial charge >= 0.3 is 0 Å². The molecule has 1 atom stereocenters. The molecule has 0 fully saturated rings. The van der Waals surface area contributed by atoms with Crippen molar-refractivity contribution in [3.63, 3.8) is 0 Å². The lowest BCUT2D eigenvalue weighted by Gasteiger charge is -2.14. The van der Waals surface area contributed by atoms with Crippen LogP contribution in [0.15, 0.2) is 28.7 Å². The van der Waals surface area contributed by atoms with Crippen molar-refractivity contribution >= 4 is 15.9 Å². The highest BCUT2D eigenvalue weighted by atomic mass is 79.9. The van der Waals surface area contributed by atoms with Crippen LogP contribution in [0.5, 0.6) is 0 Å². The number of nitrogens with one attached hydrogen (secondary N) is 1. The van der Waals surface area contributed by atoms with E-state index in [9.17, 15) is 0 Å². The van der Waals surface area contributed by atoms with Crippen LogP contribution in [0.1, 0.15) is 18.5 Å². The number of benzene rings is 1. The molecular formula is C12H18BrNO2. The molecule has 3 nitrogen and oxygen atoms in total. The van der Waals surface area contributed by atoms with Crippen molar-refractivity contribution in [3.8, 4) is 0 Å². The van der Waals surface area contributed by atoms with Gasteiger partial charge in [0.1, 0.15) is 0 Å². The van der Waals surface area contributed by atoms with E-state index in [1.54, 1.807) is 0 Å². The molecule has 90 valence electrons. The van der Waals surface area contributed by atoms with E-state index >= 15 is 0 Å². The summed E-state index contributed by atoms with van der Waals surface area (Å²) in [4.78, 5) is 0. The van der Waals surface area contributed by atoms with Crippen LogP contribution in [0, 0.1) is 0 Å². The van der Waals surface area contributed by atoms with Crippen LogP contribution in [-0.4, -0.2) is 31.5 Å². The average Bonchev–Trinajstić information content (AvgIpc) is 2.29. The van der Waals surface area contributed by atoms with Crippen LogP contribution in [0.2, 0.25) is 0 Å². The predicted octanol–water partition coefficient (Wildman–Crippen LogP) is 2.11. The Labute approximate surface area is 105 Å². The number of hydrogen-bond acceptors (Lipinski definition) is 3. The van der Waals surface area contributed by atoms with Crippen LogP contribution in [0.25, 0.3) is 0 Å². The van der Waals surface area contributed by atoms with Gasteiger partial charge in [0.05, 0.1) is 19.8 Å². The van der Waals surface area contributed by atoms with Gasteiger partial charge in [-0.1, -0.05) is 28.1 Å². The molecule has 16 heavy (non-hydrogen) atoms. The summed E-state index contributed by atoms with van der Waals surface area (Å²) < 4.78 is 6.26. The molecule has 0 saturated carbocycles. The first kappa shape index (κ1) is 13.6. The van der Waals surface area contributed by atoms with Gasteiger partial charge in [0.15, 0.2) is 0 Å². The zero-order valence-electron chi connectivity index (χ0n) is 9.45. The van der Waals surface area contributed by atoms with Crippen molar-refractivity contribution in [1.82, 2.24) is 5.32 Å². The van der Waals surface area contributed by atoms with Crippen LogP contribution < -0.4 is 5.32 Å². The average molecular weight is 288 g/mol. The number of halogens is 1. The van der Waals surface area contributed by atoms with Crippen LogP contribution >= 0.6 is 15.9 Å². The standard InChI is InChI=1S/C12H18BrNO2/c1-10(14-6-8-16-9-7-15)11-2-4-12(13)5-3-11/h2-5,10,14-15H,6-9H2,1H3. The van der Waals surface area contributed by atoms with Gasteiger partial charge in [-0.15, -0.1) is 0 Å². The highest BCUT2D eigenvalue weighted by Crippen LogP contribution is 2.16. The van der Waals surface area contributed by atoms with Crippen LogP contribution in [0.3, 0.4) is 0 Å². The molecule has 0 bridgehead atoms. The molecule has 4 heteroatoms. The summed E-state index contributed by atoms with van der Waals surface area (Å²) >= 11 is 3.41. The van der Waals surface area contributed by atoms with E-state index in [1.807, 2.05) is 12.1 Å². The molecule has 0 aliphatic carbocycles. The molecule has 0 amide bonds. The van der Waals surface area contributed by atoms with Gasteiger partial charge in [-0.2, -0.15) is 0 Å². The zero-order valence-corrected chi connectivity index (χ0v) is 11.0. The molecule has 0 heterocycles. The molecule has 1 unspecified atom stereocenters. The lowest BCUT2D eigenvalue weighted by Crippen LogP contribution is -2.23. The molecule has 0 saturated heterocycles. The summed E-state index contributed by atoms with van der Waals surface area (Å²) in [6.07, 6.45) is 0. The molecule has 0 radical (unpaired) electrons. The molecule has 0 aromatic heterocycles. The lowest BCUT2D eigenvalue weighted by molar-refractivity contribution is 0.0928. The number of aliphatic hydroxyl groups excluding tert-OH is 1. The van der Waals surface area contributed by atoms with Crippen LogP contribution in [0.4, 0.5) is 0 Å². The summed E-state index contributed by atoms with van der Waals surface area (Å²) in [6, 6.07) is 8.57. The van der Waals surface area contributed by atoms with E-state index in [0.717, 1.165) is 11.0 Å². The fourth-order valence-corrected chi connectivity index (χ4v) is 1.65. The highest BCUT2D eigenvalue weighted by Gasteiger charge is 2.03. The first-order valence-electron chi connectivity index (χ1n) is 5.41. The molecule has 0 spiro atoms. The van der Waals surface area contributed by atoms with Crippen LogP contribution in [-0.2, 0) is 4.74 Å². The van der Waals surface area contributed by atoms with Gasteiger partial charge in [-0.3, -0.25) is 0 Å². The second kappa shape index (κ2) is 7.79. The molecule has 2 N–H and O–H groups in total. The Kier molecular flexibility index (Phi) is 6.64. The monoisotopic (exact) mass is 287 g/mol. The first-order chi connectivity index (χ1) is 7.74. The van der Waals surface area contributed by atoms with Crippen molar-refractivity contribution in [2.45, 2.75) is 13.0 Å². The maximum Gasteiger partial charge on any atom is 0.0698 e. The number of rotatable bonds is 7. The second-order valence-corrected chi connectivity index (χ2v) is 4.48.